The van der Waals surface area contributed by atoms with Crippen molar-refractivity contribution in [2.24, 2.45) is 0 Å². The van der Waals surface area contributed by atoms with E-state index >= 15 is 0 Å². The number of aromatic nitrogens is 2. The fourth-order valence-electron chi connectivity index (χ4n) is 12.2. The number of nitrogens with zero attached hydrogens (tertiary/aromatic N) is 4. The molecule has 0 bridgehead atoms. The maximum atomic E-state index is 2.45. The van der Waals surface area contributed by atoms with Gasteiger partial charge in [0.25, 0.3) is 0 Å². The maximum absolute atomic E-state index is 2.45. The third-order valence-corrected chi connectivity index (χ3v) is 15.7. The molecule has 2 aromatic heterocycles. The van der Waals surface area contributed by atoms with Crippen molar-refractivity contribution in [3.8, 4) is 33.6 Å². The van der Waals surface area contributed by atoms with Gasteiger partial charge in [0.15, 0.2) is 0 Å². The third-order valence-electron chi connectivity index (χ3n) is 15.7. The first kappa shape index (κ1) is 45.0. The summed E-state index contributed by atoms with van der Waals surface area (Å²) < 4.78 is 4.91. The van der Waals surface area contributed by atoms with Crippen LogP contribution in [0.2, 0.25) is 0 Å². The molecule has 78 heavy (non-hydrogen) atoms. The topological polar surface area (TPSA) is 16.3 Å². The average Bonchev–Trinajstić information content (AvgIpc) is 4.04. The molecule has 0 atom stereocenters. The van der Waals surface area contributed by atoms with Gasteiger partial charge in [0.1, 0.15) is 0 Å². The predicted molar refractivity (Wildman–Crippen MR) is 330 cm³/mol. The van der Waals surface area contributed by atoms with Gasteiger partial charge in [0.2, 0.25) is 0 Å². The van der Waals surface area contributed by atoms with Crippen molar-refractivity contribution in [1.82, 2.24) is 9.13 Å². The predicted octanol–water partition coefficient (Wildman–Crippen LogP) is 20.5. The molecule has 15 aromatic rings. The fourth-order valence-corrected chi connectivity index (χ4v) is 12.2. The molecular weight excluding hydrogens is 945 g/mol. The van der Waals surface area contributed by atoms with Crippen LogP contribution in [0.25, 0.3) is 98.8 Å². The number of benzene rings is 13. The van der Waals surface area contributed by atoms with Crippen molar-refractivity contribution in [2.75, 3.05) is 9.80 Å². The normalized spacial score (nSPS) is 11.6. The smallest absolute Gasteiger partial charge is 0.0542 e. The highest BCUT2D eigenvalue weighted by molar-refractivity contribution is 6.14. The number of fused-ring (bicyclic) bond motifs is 8. The summed E-state index contributed by atoms with van der Waals surface area (Å²) in [5, 5.41) is 9.70. The van der Waals surface area contributed by atoms with E-state index in [1.54, 1.807) is 0 Å². The maximum Gasteiger partial charge on any atom is 0.0542 e. The molecule has 4 nitrogen and oxygen atoms in total. The summed E-state index contributed by atoms with van der Waals surface area (Å²) in [6.45, 7) is 0. The van der Waals surface area contributed by atoms with Crippen molar-refractivity contribution >= 4 is 99.3 Å². The third kappa shape index (κ3) is 7.45. The van der Waals surface area contributed by atoms with Gasteiger partial charge in [-0.05, 0) is 142 Å². The molecule has 13 aromatic carbocycles. The second kappa shape index (κ2) is 18.7. The van der Waals surface area contributed by atoms with E-state index in [9.17, 15) is 0 Å². The number of anilines is 6. The summed E-state index contributed by atoms with van der Waals surface area (Å²) >= 11 is 0. The van der Waals surface area contributed by atoms with Gasteiger partial charge in [-0.2, -0.15) is 0 Å². The molecule has 0 aliphatic carbocycles. The van der Waals surface area contributed by atoms with Gasteiger partial charge >= 0.3 is 0 Å². The van der Waals surface area contributed by atoms with Crippen molar-refractivity contribution in [1.29, 1.82) is 0 Å². The van der Waals surface area contributed by atoms with E-state index in [2.05, 4.69) is 322 Å². The second-order valence-corrected chi connectivity index (χ2v) is 20.1. The molecule has 0 unspecified atom stereocenters. The van der Waals surface area contributed by atoms with Crippen molar-refractivity contribution < 1.29 is 0 Å². The Bertz CT molecular complexity index is 4330. The minimum Gasteiger partial charge on any atom is -0.310 e. The van der Waals surface area contributed by atoms with Gasteiger partial charge in [0, 0.05) is 66.4 Å². The van der Waals surface area contributed by atoms with Crippen LogP contribution in [-0.4, -0.2) is 9.13 Å². The summed E-state index contributed by atoms with van der Waals surface area (Å²) in [6.07, 6.45) is 0. The highest BCUT2D eigenvalue weighted by Crippen LogP contribution is 2.45. The molecule has 2 heterocycles. The fraction of sp³-hybridized carbons (Fsp3) is 0. The van der Waals surface area contributed by atoms with Crippen LogP contribution in [0, 0.1) is 0 Å². The molecule has 4 heteroatoms. The van der Waals surface area contributed by atoms with Crippen LogP contribution in [0.1, 0.15) is 0 Å². The lowest BCUT2D eigenvalue weighted by Crippen LogP contribution is -2.09. The Labute approximate surface area is 452 Å². The quantitative estimate of drug-likeness (QED) is 0.136. The molecule has 0 fully saturated rings. The van der Waals surface area contributed by atoms with Crippen LogP contribution >= 0.6 is 0 Å². The van der Waals surface area contributed by atoms with Gasteiger partial charge in [-0.1, -0.05) is 194 Å². The van der Waals surface area contributed by atoms with E-state index in [0.717, 1.165) is 45.5 Å². The largest absolute Gasteiger partial charge is 0.310 e. The zero-order valence-electron chi connectivity index (χ0n) is 42.7. The Morgan fingerprint density at radius 3 is 0.846 bits per heavy atom. The Balaban J connectivity index is 0.802. The van der Waals surface area contributed by atoms with E-state index in [4.69, 9.17) is 0 Å². The highest BCUT2D eigenvalue weighted by Gasteiger charge is 2.22. The van der Waals surface area contributed by atoms with Crippen LogP contribution < -0.4 is 9.80 Å². The zero-order valence-corrected chi connectivity index (χ0v) is 42.7. The van der Waals surface area contributed by atoms with E-state index in [1.807, 2.05) is 0 Å². The Morgan fingerprint density at radius 1 is 0.192 bits per heavy atom. The second-order valence-electron chi connectivity index (χ2n) is 20.1. The molecule has 0 amide bonds. The van der Waals surface area contributed by atoms with E-state index in [-0.39, 0.29) is 0 Å². The molecule has 0 spiro atoms. The zero-order chi connectivity index (χ0) is 51.5. The summed E-state index contributed by atoms with van der Waals surface area (Å²) in [6, 6.07) is 110. The van der Waals surface area contributed by atoms with Crippen LogP contribution in [0.4, 0.5) is 34.1 Å². The minimum atomic E-state index is 1.11. The van der Waals surface area contributed by atoms with Gasteiger partial charge < -0.3 is 18.9 Å². The monoisotopic (exact) mass is 994 g/mol. The van der Waals surface area contributed by atoms with Crippen molar-refractivity contribution in [2.45, 2.75) is 0 Å². The molecule has 0 aliphatic rings. The van der Waals surface area contributed by atoms with Crippen LogP contribution in [0.3, 0.4) is 0 Å². The lowest BCUT2D eigenvalue weighted by Gasteiger charge is -2.25. The van der Waals surface area contributed by atoms with Crippen molar-refractivity contribution in [3.05, 3.63) is 303 Å². The first-order valence-corrected chi connectivity index (χ1v) is 26.8. The first-order valence-electron chi connectivity index (χ1n) is 26.8. The van der Waals surface area contributed by atoms with Gasteiger partial charge in [-0.3, -0.25) is 0 Å². The van der Waals surface area contributed by atoms with Gasteiger partial charge in [-0.25, -0.2) is 0 Å². The summed E-state index contributed by atoms with van der Waals surface area (Å²) in [7, 11) is 0. The van der Waals surface area contributed by atoms with Crippen LogP contribution in [-0.2, 0) is 0 Å². The molecule has 15 rings (SSSR count). The van der Waals surface area contributed by atoms with Crippen molar-refractivity contribution in [3.63, 3.8) is 0 Å². The lowest BCUT2D eigenvalue weighted by atomic mass is 9.93. The molecular formula is C74H50N4. The van der Waals surface area contributed by atoms with Crippen LogP contribution in [0.5, 0.6) is 0 Å². The Kier molecular flexibility index (Phi) is 10.8. The van der Waals surface area contributed by atoms with Gasteiger partial charge in [0.05, 0.1) is 33.4 Å². The molecule has 366 valence electrons. The standard InChI is InChI=1S/C74H50N4/c1-5-21-53(22-6-1)75(54-23-7-2-8-24-54)57-41-45-73-67(49-57)65-33-17-19-35-69(65)77(73)71-47-43-59(61-29-13-15-31-63(61)71)51-37-39-52(40-38-51)60-44-48-72(64-32-16-14-30-62(60)64)78-70-36-20-18-34-66(70)68-50-58(42-46-74(68)78)76(55-25-9-3-10-26-55)56-27-11-4-12-28-56/h1-50H. The highest BCUT2D eigenvalue weighted by atomic mass is 15.1. The Morgan fingerprint density at radius 2 is 0.487 bits per heavy atom. The molecule has 0 saturated heterocycles. The molecule has 0 saturated carbocycles. The number of hydrogen-bond donors (Lipinski definition) is 0. The number of hydrogen-bond acceptors (Lipinski definition) is 2. The molecule has 0 radical (unpaired) electrons. The SMILES string of the molecule is c1ccc(N(c2ccccc2)c2ccc3c(c2)c2ccccc2n3-c2ccc(-c3ccc(-c4ccc(-n5c6ccccc6c6cc(N(c7ccccc7)c7ccccc7)ccc65)c5ccccc45)cc3)c3ccccc23)cc1. The van der Waals surface area contributed by atoms with Crippen LogP contribution in [0.15, 0.2) is 303 Å². The number of rotatable bonds is 10. The van der Waals surface area contributed by atoms with Gasteiger partial charge in [-0.15, -0.1) is 0 Å². The average molecular weight is 995 g/mol. The summed E-state index contributed by atoms with van der Waals surface area (Å²) in [4.78, 5) is 4.68. The molecule has 0 aliphatic heterocycles. The Hall–Kier alpha value is -10.4. The first-order chi connectivity index (χ1) is 38.7. The summed E-state index contributed by atoms with van der Waals surface area (Å²) in [5.41, 5.74) is 18.5. The minimum absolute atomic E-state index is 1.11. The van der Waals surface area contributed by atoms with E-state index in [1.165, 1.54) is 87.4 Å². The number of para-hydroxylation sites is 6. The lowest BCUT2D eigenvalue weighted by molar-refractivity contribution is 1.20. The van der Waals surface area contributed by atoms with E-state index in [0.29, 0.717) is 0 Å². The summed E-state index contributed by atoms with van der Waals surface area (Å²) in [5.74, 6) is 0. The molecule has 0 N–H and O–H groups in total. The van der Waals surface area contributed by atoms with E-state index < -0.39 is 0 Å².